The molecule has 3 N–H and O–H groups in total. The van der Waals surface area contributed by atoms with Crippen LogP contribution in [0, 0.1) is 0 Å². The summed E-state index contributed by atoms with van der Waals surface area (Å²) in [4.78, 5) is 31.8. The normalized spacial score (nSPS) is 10.5. The summed E-state index contributed by atoms with van der Waals surface area (Å²) >= 11 is 1.24. The first-order valence-electron chi connectivity index (χ1n) is 6.04. The molecule has 104 valence electrons. The van der Waals surface area contributed by atoms with Crippen LogP contribution in [0.5, 0.6) is 0 Å². The van der Waals surface area contributed by atoms with Gasteiger partial charge in [0, 0.05) is 18.0 Å². The first-order chi connectivity index (χ1) is 10.1. The van der Waals surface area contributed by atoms with Crippen molar-refractivity contribution in [1.29, 1.82) is 0 Å². The van der Waals surface area contributed by atoms with Gasteiger partial charge in [-0.05, 0) is 29.6 Å². The molecule has 2 amide bonds. The zero-order valence-corrected chi connectivity index (χ0v) is 11.6. The van der Waals surface area contributed by atoms with Crippen molar-refractivity contribution in [3.8, 4) is 0 Å². The number of rotatable bonds is 3. The fourth-order valence-corrected chi connectivity index (χ4v) is 2.67. The quantitative estimate of drug-likeness (QED) is 0.773. The summed E-state index contributed by atoms with van der Waals surface area (Å²) < 4.78 is 0. The number of hydrogen-bond acceptors (Lipinski definition) is 5. The molecule has 0 fully saturated rings. The lowest BCUT2D eigenvalue weighted by molar-refractivity contribution is 0.100. The van der Waals surface area contributed by atoms with Crippen LogP contribution < -0.4 is 11.1 Å². The van der Waals surface area contributed by atoms with E-state index in [9.17, 15) is 9.59 Å². The van der Waals surface area contributed by atoms with Crippen LogP contribution >= 0.6 is 11.3 Å². The SMILES string of the molecule is NC(=O)c1ccsc1NC(=O)c1ccc2nccnc2c1. The Labute approximate surface area is 123 Å². The fraction of sp³-hybridized carbons (Fsp3) is 0. The van der Waals surface area contributed by atoms with Crippen molar-refractivity contribution in [2.45, 2.75) is 0 Å². The van der Waals surface area contributed by atoms with E-state index in [1.807, 2.05) is 0 Å². The molecular weight excluding hydrogens is 288 g/mol. The first-order valence-corrected chi connectivity index (χ1v) is 6.92. The zero-order chi connectivity index (χ0) is 14.8. The number of aromatic nitrogens is 2. The lowest BCUT2D eigenvalue weighted by Gasteiger charge is -2.05. The van der Waals surface area contributed by atoms with Crippen molar-refractivity contribution >= 4 is 39.2 Å². The highest BCUT2D eigenvalue weighted by atomic mass is 32.1. The second-order valence-corrected chi connectivity index (χ2v) is 5.16. The molecule has 2 heterocycles. The molecule has 3 rings (SSSR count). The highest BCUT2D eigenvalue weighted by Crippen LogP contribution is 2.23. The van der Waals surface area contributed by atoms with Crippen molar-refractivity contribution in [2.75, 3.05) is 5.32 Å². The van der Waals surface area contributed by atoms with Gasteiger partial charge in [0.2, 0.25) is 0 Å². The molecule has 0 aliphatic rings. The Kier molecular flexibility index (Phi) is 3.33. The largest absolute Gasteiger partial charge is 0.366 e. The minimum atomic E-state index is -0.573. The van der Waals surface area contributed by atoms with Crippen LogP contribution in [0.25, 0.3) is 11.0 Å². The lowest BCUT2D eigenvalue weighted by Crippen LogP contribution is -2.16. The van der Waals surface area contributed by atoms with Gasteiger partial charge in [0.1, 0.15) is 5.00 Å². The summed E-state index contributed by atoms with van der Waals surface area (Å²) in [6, 6.07) is 6.61. The third-order valence-electron chi connectivity index (χ3n) is 2.89. The van der Waals surface area contributed by atoms with Crippen LogP contribution in [0.2, 0.25) is 0 Å². The Hall–Kier alpha value is -2.80. The minimum absolute atomic E-state index is 0.300. The zero-order valence-electron chi connectivity index (χ0n) is 10.7. The molecule has 3 aromatic rings. The summed E-state index contributed by atoms with van der Waals surface area (Å²) in [5.74, 6) is -0.900. The van der Waals surface area contributed by atoms with Crippen LogP contribution in [0.3, 0.4) is 0 Å². The number of carbonyl (C=O) groups excluding carboxylic acids is 2. The Morgan fingerprint density at radius 3 is 2.62 bits per heavy atom. The number of hydrogen-bond donors (Lipinski definition) is 2. The number of carbonyl (C=O) groups is 2. The Balaban J connectivity index is 1.90. The maximum atomic E-state index is 12.2. The van der Waals surface area contributed by atoms with Gasteiger partial charge in [0.05, 0.1) is 16.6 Å². The van der Waals surface area contributed by atoms with Crippen LogP contribution in [-0.2, 0) is 0 Å². The van der Waals surface area contributed by atoms with E-state index in [0.29, 0.717) is 27.2 Å². The molecule has 21 heavy (non-hydrogen) atoms. The predicted molar refractivity (Wildman–Crippen MR) is 80.3 cm³/mol. The van der Waals surface area contributed by atoms with E-state index in [4.69, 9.17) is 5.73 Å². The molecule has 2 aromatic heterocycles. The van der Waals surface area contributed by atoms with Crippen LogP contribution in [-0.4, -0.2) is 21.8 Å². The van der Waals surface area contributed by atoms with E-state index >= 15 is 0 Å². The van der Waals surface area contributed by atoms with Gasteiger partial charge in [0.25, 0.3) is 11.8 Å². The van der Waals surface area contributed by atoms with Crippen molar-refractivity contribution in [3.63, 3.8) is 0 Å². The van der Waals surface area contributed by atoms with Gasteiger partial charge in [-0.1, -0.05) is 0 Å². The highest BCUT2D eigenvalue weighted by Gasteiger charge is 2.14. The number of fused-ring (bicyclic) bond motifs is 1. The first kappa shape index (κ1) is 13.2. The van der Waals surface area contributed by atoms with Gasteiger partial charge in [-0.15, -0.1) is 11.3 Å². The third kappa shape index (κ3) is 2.59. The number of nitrogens with one attached hydrogen (secondary N) is 1. The Morgan fingerprint density at radius 2 is 1.86 bits per heavy atom. The molecule has 1 aromatic carbocycles. The Morgan fingerprint density at radius 1 is 1.10 bits per heavy atom. The van der Waals surface area contributed by atoms with Crippen LogP contribution in [0.1, 0.15) is 20.7 Å². The fourth-order valence-electron chi connectivity index (χ4n) is 1.88. The molecule has 0 unspecified atom stereocenters. The average molecular weight is 298 g/mol. The van der Waals surface area contributed by atoms with Crippen molar-refractivity contribution in [3.05, 3.63) is 53.2 Å². The van der Waals surface area contributed by atoms with Crippen LogP contribution in [0.15, 0.2) is 42.0 Å². The van der Waals surface area contributed by atoms with Crippen molar-refractivity contribution in [2.24, 2.45) is 5.73 Å². The smallest absolute Gasteiger partial charge is 0.256 e. The molecule has 0 bridgehead atoms. The van der Waals surface area contributed by atoms with Gasteiger partial charge >= 0.3 is 0 Å². The summed E-state index contributed by atoms with van der Waals surface area (Å²) in [7, 11) is 0. The molecule has 7 heteroatoms. The monoisotopic (exact) mass is 298 g/mol. The lowest BCUT2D eigenvalue weighted by atomic mass is 10.2. The van der Waals surface area contributed by atoms with E-state index in [1.54, 1.807) is 42.0 Å². The molecule has 0 spiro atoms. The number of nitrogens with zero attached hydrogens (tertiary/aromatic N) is 2. The summed E-state index contributed by atoms with van der Waals surface area (Å²) in [6.45, 7) is 0. The Bertz CT molecular complexity index is 844. The number of nitrogens with two attached hydrogens (primary N) is 1. The maximum Gasteiger partial charge on any atom is 0.256 e. The third-order valence-corrected chi connectivity index (χ3v) is 3.72. The van der Waals surface area contributed by atoms with Crippen LogP contribution in [0.4, 0.5) is 5.00 Å². The van der Waals surface area contributed by atoms with Crippen molar-refractivity contribution < 1.29 is 9.59 Å². The molecule has 0 saturated heterocycles. The van der Waals surface area contributed by atoms with Crippen molar-refractivity contribution in [1.82, 2.24) is 9.97 Å². The molecular formula is C14H10N4O2S. The van der Waals surface area contributed by atoms with E-state index in [-0.39, 0.29) is 5.91 Å². The average Bonchev–Trinajstić information content (AvgIpc) is 2.95. The number of thiophene rings is 1. The highest BCUT2D eigenvalue weighted by molar-refractivity contribution is 7.14. The van der Waals surface area contributed by atoms with Gasteiger partial charge < -0.3 is 11.1 Å². The number of amides is 2. The summed E-state index contributed by atoms with van der Waals surface area (Å²) in [6.07, 6.45) is 3.15. The van der Waals surface area contributed by atoms with E-state index in [0.717, 1.165) is 0 Å². The number of anilines is 1. The number of primary amides is 1. The van der Waals surface area contributed by atoms with E-state index in [1.165, 1.54) is 11.3 Å². The van der Waals surface area contributed by atoms with E-state index in [2.05, 4.69) is 15.3 Å². The predicted octanol–water partition coefficient (Wildman–Crippen LogP) is 2.04. The van der Waals surface area contributed by atoms with Gasteiger partial charge in [-0.25, -0.2) is 0 Å². The number of benzene rings is 1. The molecule has 0 atom stereocenters. The van der Waals surface area contributed by atoms with E-state index < -0.39 is 5.91 Å². The molecule has 0 saturated carbocycles. The topological polar surface area (TPSA) is 98.0 Å². The van der Waals surface area contributed by atoms with Gasteiger partial charge in [0.15, 0.2) is 0 Å². The molecule has 0 aliphatic carbocycles. The minimum Gasteiger partial charge on any atom is -0.366 e. The summed E-state index contributed by atoms with van der Waals surface area (Å²) in [5, 5.41) is 4.82. The van der Waals surface area contributed by atoms with Gasteiger partial charge in [-0.2, -0.15) is 0 Å². The second kappa shape index (κ2) is 5.29. The summed E-state index contributed by atoms with van der Waals surface area (Å²) in [5.41, 5.74) is 7.32. The standard InChI is InChI=1S/C14H10N4O2S/c15-12(19)9-3-6-21-14(9)18-13(20)8-1-2-10-11(7-8)17-5-4-16-10/h1-7H,(H2,15,19)(H,18,20). The molecule has 0 radical (unpaired) electrons. The second-order valence-electron chi connectivity index (χ2n) is 4.24. The van der Waals surface area contributed by atoms with Gasteiger partial charge in [-0.3, -0.25) is 19.6 Å². The maximum absolute atomic E-state index is 12.2. The molecule has 0 aliphatic heterocycles. The molecule has 6 nitrogen and oxygen atoms in total.